The number of nitrogens with two attached hydrogens (primary N) is 1. The highest BCUT2D eigenvalue weighted by Crippen LogP contribution is 2.34. The SMILES string of the molecule is CC(=O)Cl.CCOC(=O)C(Cc1ccccn1)(C(=O)OCC)c1ccc(N)cc1.CCOC(=O)C(Cc1ccccn1)(C(=O)OCC)c1ccc(NC(C)=O)cc1. The molecule has 4 aromatic rings. The number of hydrogen-bond donors (Lipinski definition) is 2. The first-order valence-electron chi connectivity index (χ1n) is 18.1. The zero-order chi connectivity index (χ0) is 42.4. The van der Waals surface area contributed by atoms with E-state index < -0.39 is 34.7 Å². The average molecular weight is 805 g/mol. The number of pyridine rings is 2. The van der Waals surface area contributed by atoms with Gasteiger partial charge >= 0.3 is 23.9 Å². The van der Waals surface area contributed by atoms with Gasteiger partial charge in [0, 0.05) is 61.8 Å². The first-order chi connectivity index (χ1) is 27.2. The molecule has 304 valence electrons. The number of aromatic nitrogens is 2. The quantitative estimate of drug-likeness (QED) is 0.0488. The molecule has 2 heterocycles. The van der Waals surface area contributed by atoms with Crippen molar-refractivity contribution in [2.45, 2.75) is 65.2 Å². The summed E-state index contributed by atoms with van der Waals surface area (Å²) < 4.78 is 21.0. The number of nitrogens with zero attached hydrogens (tertiary/aromatic N) is 2. The Kier molecular flexibility index (Phi) is 19.5. The van der Waals surface area contributed by atoms with Crippen molar-refractivity contribution in [2.24, 2.45) is 0 Å². The molecule has 3 N–H and O–H groups in total. The first-order valence-corrected chi connectivity index (χ1v) is 18.5. The Morgan fingerprint density at radius 2 is 0.912 bits per heavy atom. The lowest BCUT2D eigenvalue weighted by atomic mass is 9.76. The van der Waals surface area contributed by atoms with E-state index in [9.17, 15) is 28.8 Å². The van der Waals surface area contributed by atoms with Crippen LogP contribution in [0.25, 0.3) is 0 Å². The number of benzene rings is 2. The third-order valence-corrected chi connectivity index (χ3v) is 7.94. The van der Waals surface area contributed by atoms with Gasteiger partial charge in [0.05, 0.1) is 26.4 Å². The summed E-state index contributed by atoms with van der Waals surface area (Å²) in [5, 5.41) is 2.30. The molecule has 0 radical (unpaired) electrons. The van der Waals surface area contributed by atoms with E-state index in [1.165, 1.54) is 13.8 Å². The number of hydrogen-bond acceptors (Lipinski definition) is 13. The van der Waals surface area contributed by atoms with E-state index in [1.54, 1.807) is 125 Å². The minimum atomic E-state index is -1.70. The molecular weight excluding hydrogens is 756 g/mol. The summed E-state index contributed by atoms with van der Waals surface area (Å²) in [6.07, 6.45) is 3.23. The number of carbonyl (C=O) groups excluding carboxylic acids is 6. The summed E-state index contributed by atoms with van der Waals surface area (Å²) in [4.78, 5) is 80.8. The molecule has 57 heavy (non-hydrogen) atoms. The van der Waals surface area contributed by atoms with Crippen molar-refractivity contribution in [1.29, 1.82) is 0 Å². The van der Waals surface area contributed by atoms with Crippen LogP contribution < -0.4 is 11.1 Å². The summed E-state index contributed by atoms with van der Waals surface area (Å²) in [7, 11) is 0. The van der Waals surface area contributed by atoms with Crippen molar-refractivity contribution in [2.75, 3.05) is 37.5 Å². The van der Waals surface area contributed by atoms with E-state index >= 15 is 0 Å². The van der Waals surface area contributed by atoms with Crippen LogP contribution in [0.4, 0.5) is 11.4 Å². The van der Waals surface area contributed by atoms with Crippen molar-refractivity contribution in [1.82, 2.24) is 9.97 Å². The number of nitrogens with one attached hydrogen (secondary N) is 1. The maximum absolute atomic E-state index is 13.0. The van der Waals surface area contributed by atoms with E-state index in [1.807, 2.05) is 0 Å². The van der Waals surface area contributed by atoms with Gasteiger partial charge in [-0.05, 0) is 99.0 Å². The molecule has 1 amide bonds. The van der Waals surface area contributed by atoms with Crippen LogP contribution in [-0.2, 0) is 71.4 Å². The van der Waals surface area contributed by atoms with Crippen LogP contribution in [0.15, 0.2) is 97.3 Å². The molecule has 0 aliphatic heterocycles. The molecule has 15 heteroatoms. The third kappa shape index (κ3) is 13.5. The van der Waals surface area contributed by atoms with Crippen LogP contribution in [0.2, 0.25) is 0 Å². The number of anilines is 2. The zero-order valence-electron chi connectivity index (χ0n) is 32.9. The van der Waals surface area contributed by atoms with Gasteiger partial charge in [0.15, 0.2) is 10.8 Å². The van der Waals surface area contributed by atoms with E-state index in [-0.39, 0.29) is 50.4 Å². The minimum absolute atomic E-state index is 0.00894. The van der Waals surface area contributed by atoms with Crippen LogP contribution >= 0.6 is 11.6 Å². The molecule has 0 unspecified atom stereocenters. The van der Waals surface area contributed by atoms with Crippen molar-refractivity contribution >= 4 is 58.0 Å². The molecule has 2 aromatic heterocycles. The minimum Gasteiger partial charge on any atom is -0.465 e. The van der Waals surface area contributed by atoms with Crippen LogP contribution in [0, 0.1) is 0 Å². The Labute approximate surface area is 337 Å². The van der Waals surface area contributed by atoms with E-state index in [2.05, 4.69) is 26.9 Å². The monoisotopic (exact) mass is 804 g/mol. The molecule has 2 aromatic carbocycles. The van der Waals surface area contributed by atoms with E-state index in [0.717, 1.165) is 0 Å². The number of nitrogen functional groups attached to an aromatic ring is 1. The average Bonchev–Trinajstić information content (AvgIpc) is 3.17. The molecule has 0 saturated heterocycles. The van der Waals surface area contributed by atoms with Gasteiger partial charge in [-0.3, -0.25) is 38.7 Å². The molecule has 0 aliphatic rings. The van der Waals surface area contributed by atoms with Crippen molar-refractivity contribution in [3.05, 3.63) is 120 Å². The van der Waals surface area contributed by atoms with Gasteiger partial charge in [0.25, 0.3) is 0 Å². The van der Waals surface area contributed by atoms with Crippen molar-refractivity contribution < 1.29 is 47.7 Å². The molecule has 0 bridgehead atoms. The van der Waals surface area contributed by atoms with Gasteiger partial charge in [-0.2, -0.15) is 0 Å². The Bertz CT molecular complexity index is 1870. The van der Waals surface area contributed by atoms with Crippen molar-refractivity contribution in [3.63, 3.8) is 0 Å². The Hall–Kier alpha value is -6.15. The molecule has 4 rings (SSSR count). The van der Waals surface area contributed by atoms with E-state index in [4.69, 9.17) is 24.7 Å². The smallest absolute Gasteiger partial charge is 0.328 e. The molecule has 0 aliphatic carbocycles. The van der Waals surface area contributed by atoms with Gasteiger partial charge in [-0.25, -0.2) is 0 Å². The normalized spacial score (nSPS) is 10.6. The van der Waals surface area contributed by atoms with Crippen LogP contribution in [0.1, 0.15) is 64.1 Å². The van der Waals surface area contributed by atoms with Gasteiger partial charge in [-0.1, -0.05) is 36.4 Å². The van der Waals surface area contributed by atoms with Gasteiger partial charge in [0.1, 0.15) is 0 Å². The predicted molar refractivity (Wildman–Crippen MR) is 214 cm³/mol. The molecule has 0 fully saturated rings. The maximum atomic E-state index is 13.0. The second-order valence-corrected chi connectivity index (χ2v) is 12.6. The van der Waals surface area contributed by atoms with Crippen molar-refractivity contribution in [3.8, 4) is 0 Å². The Morgan fingerprint density at radius 1 is 0.579 bits per heavy atom. The molecule has 0 spiro atoms. The summed E-state index contributed by atoms with van der Waals surface area (Å²) >= 11 is 4.64. The zero-order valence-corrected chi connectivity index (χ0v) is 33.7. The van der Waals surface area contributed by atoms with E-state index in [0.29, 0.717) is 33.9 Å². The second-order valence-electron chi connectivity index (χ2n) is 12.0. The lowest BCUT2D eigenvalue weighted by molar-refractivity contribution is -0.166. The highest BCUT2D eigenvalue weighted by atomic mass is 35.5. The number of carbonyl (C=O) groups is 6. The third-order valence-electron chi connectivity index (χ3n) is 7.94. The van der Waals surface area contributed by atoms with Gasteiger partial charge in [-0.15, -0.1) is 0 Å². The highest BCUT2D eigenvalue weighted by Gasteiger charge is 2.52. The Balaban J connectivity index is 0.000000361. The number of esters is 4. The van der Waals surface area contributed by atoms with Gasteiger partial charge in [0.2, 0.25) is 11.1 Å². The topological polar surface area (TPSA) is 203 Å². The fourth-order valence-electron chi connectivity index (χ4n) is 5.51. The van der Waals surface area contributed by atoms with Crippen LogP contribution in [0.3, 0.4) is 0 Å². The summed E-state index contributed by atoms with van der Waals surface area (Å²) in [6, 6.07) is 23.6. The second kappa shape index (κ2) is 23.7. The fraction of sp³-hybridized carbons (Fsp3) is 0.333. The maximum Gasteiger partial charge on any atom is 0.328 e. The molecule has 0 atom stereocenters. The summed E-state index contributed by atoms with van der Waals surface area (Å²) in [5.41, 5.74) is 5.50. The molecule has 0 saturated carbocycles. The van der Waals surface area contributed by atoms with Gasteiger partial charge < -0.3 is 30.0 Å². The highest BCUT2D eigenvalue weighted by molar-refractivity contribution is 6.62. The van der Waals surface area contributed by atoms with Crippen LogP contribution in [-0.4, -0.2) is 71.4 Å². The first kappa shape index (κ1) is 47.0. The fourth-order valence-corrected chi connectivity index (χ4v) is 5.51. The van der Waals surface area contributed by atoms with Crippen LogP contribution in [0.5, 0.6) is 0 Å². The number of halogens is 1. The molecular formula is C42H49ClN4O10. The predicted octanol–water partition coefficient (Wildman–Crippen LogP) is 5.69. The number of amides is 1. The molecule has 14 nitrogen and oxygen atoms in total. The number of ether oxygens (including phenoxy) is 4. The largest absolute Gasteiger partial charge is 0.465 e. The number of rotatable bonds is 15. The lowest BCUT2D eigenvalue weighted by Crippen LogP contribution is -2.48. The lowest BCUT2D eigenvalue weighted by Gasteiger charge is -2.29. The summed E-state index contributed by atoms with van der Waals surface area (Å²) in [5.74, 6) is -2.95. The Morgan fingerprint density at radius 3 is 1.19 bits per heavy atom. The standard InChI is InChI=1S/C21H24N2O5.C19H22N2O4.C2H3ClO/c1-4-27-19(25)21(20(26)28-5-2,14-18-8-6-7-13-22-18)16-9-11-17(12-10-16)23-15(3)24;1-3-24-17(22)19(18(23)25-4-2,13-16-7-5-6-12-21-16)14-8-10-15(20)11-9-14;1-2(3)4/h6-13H,4-5,14H2,1-3H3,(H,23,24);5-12H,3-4,13,20H2,1-2H3;1H3. The summed E-state index contributed by atoms with van der Waals surface area (Å²) in [6.45, 7) is 9.96.